The van der Waals surface area contributed by atoms with Crippen molar-refractivity contribution in [2.45, 2.75) is 399 Å². The van der Waals surface area contributed by atoms with Crippen molar-refractivity contribution in [1.82, 2.24) is 47.4 Å². The second-order valence-corrected chi connectivity index (χ2v) is 38.1. The molecule has 0 saturated heterocycles. The Kier molecular flexibility index (Phi) is 88.1. The summed E-state index contributed by atoms with van der Waals surface area (Å²) in [4.78, 5) is 198. The van der Waals surface area contributed by atoms with Gasteiger partial charge in [0.2, 0.25) is 0 Å². The van der Waals surface area contributed by atoms with Crippen molar-refractivity contribution in [3.05, 3.63) is 35.9 Å². The molecule has 844 valence electrons. The smallest absolute Gasteiger partial charge is 0.410 e. The van der Waals surface area contributed by atoms with Crippen molar-refractivity contribution in [3.8, 4) is 0 Å². The van der Waals surface area contributed by atoms with E-state index >= 15 is 0 Å². The summed E-state index contributed by atoms with van der Waals surface area (Å²) in [7, 11) is 2.93. The molecular weight excluding hydrogens is 1900 g/mol. The van der Waals surface area contributed by atoms with E-state index in [1.165, 1.54) is 12.0 Å². The molecular formula is C100H183N9O36. The number of alkyl carbamates (subject to hydrolysis) is 8. The molecule has 0 aliphatic rings. The van der Waals surface area contributed by atoms with E-state index < -0.39 is 124 Å². The lowest BCUT2D eigenvalue weighted by Gasteiger charge is -2.26. The summed E-state index contributed by atoms with van der Waals surface area (Å²) in [5, 5.41) is 53.9. The number of carbonyl (C=O) groups excluding carboxylic acids is 14. The van der Waals surface area contributed by atoms with Crippen LogP contribution in [0.25, 0.3) is 0 Å². The first-order valence-corrected chi connectivity index (χ1v) is 49.2. The number of carbonyl (C=O) groups is 18. The molecule has 0 aliphatic heterocycles. The predicted molar refractivity (Wildman–Crippen MR) is 543 cm³/mol. The highest BCUT2D eigenvalue weighted by atomic mass is 16.6. The minimum absolute atomic E-state index is 0.0362. The molecule has 1 aromatic carbocycles. The average molecular weight is 2090 g/mol. The number of esters is 5. The molecule has 9 amide bonds. The summed E-state index contributed by atoms with van der Waals surface area (Å²) in [5.74, 6) is -4.70. The molecule has 0 aliphatic carbocycles. The average Bonchev–Trinajstić information content (AvgIpc) is 0.899. The molecule has 0 aromatic heterocycles. The first-order valence-electron chi connectivity index (χ1n) is 49.2. The Morgan fingerprint density at radius 2 is 0.572 bits per heavy atom. The van der Waals surface area contributed by atoms with Crippen LogP contribution >= 0.6 is 0 Å². The van der Waals surface area contributed by atoms with Crippen molar-refractivity contribution >= 4 is 109 Å². The zero-order valence-corrected chi connectivity index (χ0v) is 92.7. The van der Waals surface area contributed by atoms with Gasteiger partial charge in [0, 0.05) is 117 Å². The number of ether oxygens (including phenoxy) is 14. The van der Waals surface area contributed by atoms with Crippen LogP contribution in [0.3, 0.4) is 0 Å². The molecule has 1 unspecified atom stereocenters. The predicted octanol–water partition coefficient (Wildman–Crippen LogP) is 17.6. The second-order valence-electron chi connectivity index (χ2n) is 38.1. The maximum atomic E-state index is 11.5. The summed E-state index contributed by atoms with van der Waals surface area (Å²) >= 11 is 0. The van der Waals surface area contributed by atoms with Gasteiger partial charge in [-0.2, -0.15) is 0 Å². The number of nitrogens with one attached hydrogen (secondary N) is 8. The zero-order chi connectivity index (χ0) is 114. The van der Waals surface area contributed by atoms with Gasteiger partial charge in [-0.15, -0.1) is 0 Å². The molecule has 45 heteroatoms. The van der Waals surface area contributed by atoms with E-state index in [0.29, 0.717) is 169 Å². The largest absolute Gasteiger partial charge is 0.481 e. The topological polar surface area (TPSA) is 617 Å². The molecule has 45 nitrogen and oxygen atoms in total. The lowest BCUT2D eigenvalue weighted by atomic mass is 10.0. The third kappa shape index (κ3) is 119. The van der Waals surface area contributed by atoms with Gasteiger partial charge in [-0.05, 0) is 262 Å². The molecule has 0 spiro atoms. The van der Waals surface area contributed by atoms with Gasteiger partial charge >= 0.3 is 109 Å². The Bertz CT molecular complexity index is 3770. The molecule has 12 N–H and O–H groups in total. The summed E-state index contributed by atoms with van der Waals surface area (Å²) < 4.78 is 69.5. The first-order chi connectivity index (χ1) is 66.9. The Morgan fingerprint density at radius 3 is 0.862 bits per heavy atom. The molecule has 0 heterocycles. The highest BCUT2D eigenvalue weighted by Crippen LogP contribution is 2.21. The van der Waals surface area contributed by atoms with E-state index in [-0.39, 0.29) is 68.2 Å². The summed E-state index contributed by atoms with van der Waals surface area (Å²) in [5.41, 5.74) is -2.95. The minimum Gasteiger partial charge on any atom is -0.481 e. The molecule has 0 fully saturated rings. The molecule has 0 radical (unpaired) electrons. The maximum absolute atomic E-state index is 11.5. The van der Waals surface area contributed by atoms with Crippen LogP contribution in [0.5, 0.6) is 0 Å². The number of unbranched alkanes of at least 4 members (excludes halogenated alkanes) is 1. The first kappa shape index (κ1) is 148. The fourth-order valence-electron chi connectivity index (χ4n) is 9.02. The lowest BCUT2D eigenvalue weighted by Crippen LogP contribution is -2.36. The number of benzene rings is 1. The van der Waals surface area contributed by atoms with Crippen molar-refractivity contribution in [2.75, 3.05) is 99.5 Å². The molecule has 1 rings (SSSR count). The van der Waals surface area contributed by atoms with E-state index in [0.717, 1.165) is 37.7 Å². The van der Waals surface area contributed by atoms with E-state index in [1.807, 2.05) is 99.6 Å². The minimum atomic E-state index is -0.948. The standard InChI is InChI=1S/C13H17NO4.C13H25NO4.2C12H23NO4.2C11H21NO4.2C10H19NO4.C8H15NO4/c1-10(11-6-3-2-4-7-11)18-13(17)14-9-5-8-12(15)16;1-5-13(4,6-2)18-12(16)14-10-8-9-11(15)17-7-3;1-5-9-16-10(14)7-6-8-13-11(15)17-12(2,3)4;1-5-12(3,4)17-11(15)13-9-7-8-10(14)16-6-2;1-5-15-9(13)7-6-8-12-10(14)16-11(2,3)4;1-4-11(2,3)16-10(15)12-8-6-5-7-9(13)14;1-10(2,3)15-9(13)11-7-5-6-8(12)14-4;1-10(2,3)15-9(14)11(4)7-5-6-8(12)13;1-8(2,3)13-7(12)9-5-4-6(10)11/h2-4,6-7,10H,5,8-9H2,1H3,(H,14,17)(H,15,16);5-10H2,1-4H3,(H,14,16);2*5-9H2,1-4H3,(H,13,15);5-8H2,1-4H3,(H,12,14);4-8H2,1-3H3,(H,12,15)(H,13,14);5-7H2,1-4H3,(H,11,13);5-7H2,1-4H3,(H,12,13);4-5H2,1-3H3,(H,9,12)(H,10,11). The number of carboxylic acid groups (broad SMARTS) is 4. The molecule has 0 saturated carbocycles. The summed E-state index contributed by atoms with van der Waals surface area (Å²) in [6.07, 6.45) is 5.80. The molecule has 145 heavy (non-hydrogen) atoms. The van der Waals surface area contributed by atoms with Crippen LogP contribution in [0.2, 0.25) is 0 Å². The third-order valence-electron chi connectivity index (χ3n) is 17.3. The number of hydrogen-bond donors (Lipinski definition) is 12. The van der Waals surface area contributed by atoms with Gasteiger partial charge in [0.25, 0.3) is 0 Å². The summed E-state index contributed by atoms with van der Waals surface area (Å²) in [6.45, 7) is 57.8. The van der Waals surface area contributed by atoms with Gasteiger partial charge in [0.05, 0.1) is 40.0 Å². The molecule has 1 atom stereocenters. The number of aliphatic carboxylic acids is 4. The van der Waals surface area contributed by atoms with Gasteiger partial charge in [-0.25, -0.2) is 43.2 Å². The Balaban J connectivity index is -0.000000243. The monoisotopic (exact) mass is 2090 g/mol. The van der Waals surface area contributed by atoms with E-state index in [1.54, 1.807) is 139 Å². The van der Waals surface area contributed by atoms with Crippen LogP contribution in [0.1, 0.15) is 360 Å². The number of hydrogen-bond acceptors (Lipinski definition) is 32. The van der Waals surface area contributed by atoms with E-state index in [2.05, 4.69) is 47.3 Å². The van der Waals surface area contributed by atoms with Gasteiger partial charge < -0.3 is 134 Å². The molecule has 0 bridgehead atoms. The van der Waals surface area contributed by atoms with Crippen LogP contribution < -0.4 is 42.5 Å². The summed E-state index contributed by atoms with van der Waals surface area (Å²) in [6, 6.07) is 9.40. The van der Waals surface area contributed by atoms with E-state index in [9.17, 15) is 86.3 Å². The van der Waals surface area contributed by atoms with Gasteiger partial charge in [0.1, 0.15) is 50.9 Å². The van der Waals surface area contributed by atoms with Crippen LogP contribution in [0, 0.1) is 0 Å². The van der Waals surface area contributed by atoms with Gasteiger partial charge in [-0.1, -0.05) is 65.0 Å². The highest BCUT2D eigenvalue weighted by molar-refractivity contribution is 5.75. The van der Waals surface area contributed by atoms with Crippen LogP contribution in [-0.2, 0) is 109 Å². The Hall–Kier alpha value is -12.1. The number of methoxy groups -OCH3 is 1. The number of nitrogens with zero attached hydrogens (tertiary/aromatic N) is 1. The Labute approximate surface area is 860 Å². The second kappa shape index (κ2) is 86.2. The Morgan fingerprint density at radius 1 is 0.303 bits per heavy atom. The fourth-order valence-corrected chi connectivity index (χ4v) is 9.02. The SMILES string of the molecule is CC(C)(C)OC(=O)NCCC(=O)O.CC(OC(=O)NCCCC(=O)O)c1ccccc1.CCC(C)(C)OC(=O)NCCCCC(=O)O.CCCOC(=O)CCCNC(=O)OC(C)(C)C.CCOC(=O)CCCNC(=O)OC(C)(C)C.CCOC(=O)CCCNC(=O)OC(C)(C)CC.CCOC(=O)CCCNC(=O)OC(C)(CC)CC.CN(CCCC(=O)O)C(=O)OC(C)(C)C.COC(=O)CCCNC(=O)OC(C)(C)C. The van der Waals surface area contributed by atoms with Crippen LogP contribution in [-0.4, -0.2) is 278 Å². The highest BCUT2D eigenvalue weighted by Gasteiger charge is 2.27. The van der Waals surface area contributed by atoms with Crippen LogP contribution in [0.4, 0.5) is 43.2 Å². The van der Waals surface area contributed by atoms with Crippen molar-refractivity contribution in [2.24, 2.45) is 0 Å². The lowest BCUT2D eigenvalue weighted by molar-refractivity contribution is -0.144. The quantitative estimate of drug-likeness (QED) is 0.0164. The fraction of sp³-hybridized carbons (Fsp3) is 0.760. The van der Waals surface area contributed by atoms with Crippen molar-refractivity contribution in [3.63, 3.8) is 0 Å². The number of amides is 9. The van der Waals surface area contributed by atoms with Crippen LogP contribution in [0.15, 0.2) is 30.3 Å². The third-order valence-corrected chi connectivity index (χ3v) is 17.3. The van der Waals surface area contributed by atoms with Crippen molar-refractivity contribution < 1.29 is 173 Å². The normalized spacial score (nSPS) is 10.9. The maximum Gasteiger partial charge on any atom is 0.410 e. The van der Waals surface area contributed by atoms with Gasteiger partial charge in [-0.3, -0.25) is 43.2 Å². The number of carboxylic acids is 4. The zero-order valence-electron chi connectivity index (χ0n) is 92.7. The number of rotatable bonds is 50. The molecule has 1 aromatic rings. The van der Waals surface area contributed by atoms with Gasteiger partial charge in [0.15, 0.2) is 0 Å². The van der Waals surface area contributed by atoms with Crippen molar-refractivity contribution in [1.29, 1.82) is 0 Å². The van der Waals surface area contributed by atoms with E-state index in [4.69, 9.17) is 82.0 Å².